The number of aryl methyl sites for hydroxylation is 2. The number of anilines is 1. The summed E-state index contributed by atoms with van der Waals surface area (Å²) in [6, 6.07) is 5.30. The van der Waals surface area contributed by atoms with E-state index in [2.05, 4.69) is 25.0 Å². The summed E-state index contributed by atoms with van der Waals surface area (Å²) in [6.07, 6.45) is 3.19. The molecule has 3 aromatic rings. The highest BCUT2D eigenvalue weighted by Crippen LogP contribution is 2.24. The molecule has 0 atom stereocenters. The van der Waals surface area contributed by atoms with E-state index in [1.165, 1.54) is 11.3 Å². The van der Waals surface area contributed by atoms with Crippen LogP contribution in [-0.2, 0) is 10.0 Å². The average Bonchev–Trinajstić information content (AvgIpc) is 2.91. The Balaban J connectivity index is 1.59. The number of nitrogens with one attached hydrogen (secondary N) is 2. The van der Waals surface area contributed by atoms with Crippen LogP contribution in [0.4, 0.5) is 5.82 Å². The van der Waals surface area contributed by atoms with Gasteiger partial charge in [0.15, 0.2) is 5.65 Å². The lowest BCUT2D eigenvalue weighted by Gasteiger charge is -2.08. The maximum Gasteiger partial charge on any atom is 0.241 e. The Morgan fingerprint density at radius 2 is 1.92 bits per heavy atom. The second kappa shape index (κ2) is 6.80. The van der Waals surface area contributed by atoms with Gasteiger partial charge in [0, 0.05) is 35.2 Å². The topological polar surface area (TPSA) is 96.9 Å². The van der Waals surface area contributed by atoms with Gasteiger partial charge in [0.2, 0.25) is 10.0 Å². The van der Waals surface area contributed by atoms with E-state index in [1.807, 2.05) is 19.9 Å². The van der Waals surface area contributed by atoms with Crippen LogP contribution in [0.25, 0.3) is 11.2 Å². The molecule has 0 amide bonds. The van der Waals surface area contributed by atoms with Gasteiger partial charge in [0.1, 0.15) is 11.3 Å². The van der Waals surface area contributed by atoms with Gasteiger partial charge in [-0.15, -0.1) is 11.3 Å². The van der Waals surface area contributed by atoms with E-state index < -0.39 is 10.0 Å². The van der Waals surface area contributed by atoms with E-state index in [0.717, 1.165) is 9.75 Å². The first kappa shape index (κ1) is 16.7. The molecule has 24 heavy (non-hydrogen) atoms. The van der Waals surface area contributed by atoms with Crippen LogP contribution in [0.1, 0.15) is 9.75 Å². The van der Waals surface area contributed by atoms with E-state index in [1.54, 1.807) is 24.5 Å². The Hall–Kier alpha value is -2.10. The fourth-order valence-corrected chi connectivity index (χ4v) is 4.87. The Labute approximate surface area is 144 Å². The van der Waals surface area contributed by atoms with E-state index in [-0.39, 0.29) is 6.54 Å². The third kappa shape index (κ3) is 3.69. The lowest BCUT2D eigenvalue weighted by Crippen LogP contribution is -2.29. The van der Waals surface area contributed by atoms with Crippen molar-refractivity contribution in [3.63, 3.8) is 0 Å². The molecule has 0 bridgehead atoms. The second-order valence-corrected chi connectivity index (χ2v) is 8.39. The molecule has 0 saturated carbocycles. The van der Waals surface area contributed by atoms with E-state index in [0.29, 0.717) is 28.4 Å². The van der Waals surface area contributed by atoms with Crippen molar-refractivity contribution in [3.8, 4) is 0 Å². The van der Waals surface area contributed by atoms with Crippen LogP contribution >= 0.6 is 11.3 Å². The van der Waals surface area contributed by atoms with Crippen LogP contribution in [0.3, 0.4) is 0 Å². The van der Waals surface area contributed by atoms with Gasteiger partial charge in [0.25, 0.3) is 0 Å². The fourth-order valence-electron chi connectivity index (χ4n) is 2.28. The molecule has 0 fully saturated rings. The summed E-state index contributed by atoms with van der Waals surface area (Å²) in [5, 5.41) is 3.08. The monoisotopic (exact) mass is 363 g/mol. The first-order valence-electron chi connectivity index (χ1n) is 7.34. The van der Waals surface area contributed by atoms with Crippen molar-refractivity contribution in [1.29, 1.82) is 0 Å². The highest BCUT2D eigenvalue weighted by Gasteiger charge is 2.18. The third-order valence-electron chi connectivity index (χ3n) is 3.34. The molecular weight excluding hydrogens is 346 g/mol. The quantitative estimate of drug-likeness (QED) is 0.651. The van der Waals surface area contributed by atoms with Crippen molar-refractivity contribution >= 4 is 38.3 Å². The number of hydrogen-bond acceptors (Lipinski definition) is 7. The molecule has 126 valence electrons. The molecule has 3 rings (SSSR count). The van der Waals surface area contributed by atoms with Crippen LogP contribution in [0.15, 0.2) is 35.5 Å². The maximum absolute atomic E-state index is 12.3. The molecule has 0 spiro atoms. The lowest BCUT2D eigenvalue weighted by atomic mass is 10.4. The molecule has 0 saturated heterocycles. The summed E-state index contributed by atoms with van der Waals surface area (Å²) in [5.41, 5.74) is 1.26. The van der Waals surface area contributed by atoms with Crippen molar-refractivity contribution in [2.75, 3.05) is 18.4 Å². The van der Waals surface area contributed by atoms with Crippen LogP contribution < -0.4 is 10.0 Å². The van der Waals surface area contributed by atoms with Gasteiger partial charge in [-0.1, -0.05) is 0 Å². The second-order valence-electron chi connectivity index (χ2n) is 5.20. The van der Waals surface area contributed by atoms with Crippen LogP contribution in [-0.4, -0.2) is 36.5 Å². The van der Waals surface area contributed by atoms with Crippen molar-refractivity contribution in [1.82, 2.24) is 19.7 Å². The van der Waals surface area contributed by atoms with Gasteiger partial charge in [-0.25, -0.2) is 23.1 Å². The highest BCUT2D eigenvalue weighted by molar-refractivity contribution is 7.89. The molecule has 2 N–H and O–H groups in total. The average molecular weight is 363 g/mol. The summed E-state index contributed by atoms with van der Waals surface area (Å²) < 4.78 is 27.2. The minimum Gasteiger partial charge on any atom is -0.369 e. The summed E-state index contributed by atoms with van der Waals surface area (Å²) in [5.74, 6) is 0.629. The van der Waals surface area contributed by atoms with E-state index in [4.69, 9.17) is 0 Å². The summed E-state index contributed by atoms with van der Waals surface area (Å²) in [7, 11) is -3.48. The normalized spacial score (nSPS) is 11.8. The van der Waals surface area contributed by atoms with Crippen molar-refractivity contribution in [3.05, 3.63) is 40.3 Å². The van der Waals surface area contributed by atoms with Gasteiger partial charge in [-0.3, -0.25) is 4.98 Å². The number of thiophene rings is 1. The molecule has 3 heterocycles. The molecule has 0 radical (unpaired) electrons. The smallest absolute Gasteiger partial charge is 0.241 e. The molecule has 0 aromatic carbocycles. The molecule has 0 aliphatic rings. The molecule has 7 nitrogen and oxygen atoms in total. The third-order valence-corrected chi connectivity index (χ3v) is 6.02. The Kier molecular flexibility index (Phi) is 4.74. The zero-order chi connectivity index (χ0) is 17.2. The molecule has 0 unspecified atom stereocenters. The zero-order valence-electron chi connectivity index (χ0n) is 13.3. The first-order valence-corrected chi connectivity index (χ1v) is 9.64. The number of fused-ring (bicyclic) bond motifs is 1. The molecule has 9 heteroatoms. The fraction of sp³-hybridized carbons (Fsp3) is 0.267. The number of rotatable bonds is 6. The number of aromatic nitrogens is 3. The summed E-state index contributed by atoms with van der Waals surface area (Å²) >= 11 is 1.48. The summed E-state index contributed by atoms with van der Waals surface area (Å²) in [6.45, 7) is 4.38. The predicted molar refractivity (Wildman–Crippen MR) is 94.8 cm³/mol. The van der Waals surface area contributed by atoms with Gasteiger partial charge in [-0.2, -0.15) is 0 Å². The Morgan fingerprint density at radius 3 is 2.67 bits per heavy atom. The molecule has 3 aromatic heterocycles. The number of nitrogens with zero attached hydrogens (tertiary/aromatic N) is 3. The Bertz CT molecular complexity index is 969. The van der Waals surface area contributed by atoms with Crippen LogP contribution in [0, 0.1) is 13.8 Å². The molecule has 0 aliphatic heterocycles. The maximum atomic E-state index is 12.3. The van der Waals surface area contributed by atoms with Crippen molar-refractivity contribution in [2.45, 2.75) is 18.7 Å². The van der Waals surface area contributed by atoms with Crippen molar-refractivity contribution < 1.29 is 8.42 Å². The van der Waals surface area contributed by atoms with Crippen molar-refractivity contribution in [2.24, 2.45) is 0 Å². The highest BCUT2D eigenvalue weighted by atomic mass is 32.2. The molecular formula is C15H17N5O2S2. The van der Waals surface area contributed by atoms with Gasteiger partial charge >= 0.3 is 0 Å². The van der Waals surface area contributed by atoms with E-state index in [9.17, 15) is 8.42 Å². The standard InChI is InChI=1S/C15H17N5O2S2/c1-10-9-13(11(2)23-10)24(21,22)19-8-7-17-14-4-3-12-15(20-14)18-6-5-16-12/h3-6,9,19H,7-8H2,1-2H3,(H,17,18,20). The largest absolute Gasteiger partial charge is 0.369 e. The zero-order valence-corrected chi connectivity index (χ0v) is 14.9. The number of hydrogen-bond donors (Lipinski definition) is 2. The summed E-state index contributed by atoms with van der Waals surface area (Å²) in [4.78, 5) is 14.7. The predicted octanol–water partition coefficient (Wildman–Crippen LogP) is 2.09. The number of sulfonamides is 1. The molecule has 0 aliphatic carbocycles. The van der Waals surface area contributed by atoms with Gasteiger partial charge in [0.05, 0.1) is 4.90 Å². The Morgan fingerprint density at radius 1 is 1.12 bits per heavy atom. The first-order chi connectivity index (χ1) is 11.5. The van der Waals surface area contributed by atoms with E-state index >= 15 is 0 Å². The SMILES string of the molecule is Cc1cc(S(=O)(=O)NCCNc2ccc3nccnc3n2)c(C)s1. The minimum absolute atomic E-state index is 0.261. The lowest BCUT2D eigenvalue weighted by molar-refractivity contribution is 0.582. The minimum atomic E-state index is -3.48. The number of pyridine rings is 1. The van der Waals surface area contributed by atoms with Crippen LogP contribution in [0.5, 0.6) is 0 Å². The van der Waals surface area contributed by atoms with Crippen LogP contribution in [0.2, 0.25) is 0 Å². The van der Waals surface area contributed by atoms with Gasteiger partial charge < -0.3 is 5.32 Å². The van der Waals surface area contributed by atoms with Gasteiger partial charge in [-0.05, 0) is 32.0 Å².